The van der Waals surface area contributed by atoms with E-state index in [0.717, 1.165) is 190 Å². The lowest BCUT2D eigenvalue weighted by Gasteiger charge is -2.32. The molecule has 1 saturated heterocycles. The van der Waals surface area contributed by atoms with Crippen LogP contribution >= 0.6 is 15.9 Å². The van der Waals surface area contributed by atoms with Crippen LogP contribution in [0.15, 0.2) is 405 Å². The molecule has 1 aliphatic rings. The van der Waals surface area contributed by atoms with Crippen LogP contribution < -0.4 is 5.46 Å². The number of rotatable bonds is 14. The van der Waals surface area contributed by atoms with Crippen molar-refractivity contribution in [2.24, 2.45) is 0 Å². The van der Waals surface area contributed by atoms with E-state index in [2.05, 4.69) is 348 Å². The summed E-state index contributed by atoms with van der Waals surface area (Å²) in [5, 5.41) is 0. The number of hydrogen-bond acceptors (Lipinski definition) is 10. The van der Waals surface area contributed by atoms with Crippen LogP contribution in [0.5, 0.6) is 0 Å². The molecule has 1 aliphatic heterocycles. The third kappa shape index (κ3) is 14.6. The summed E-state index contributed by atoms with van der Waals surface area (Å²) in [5.74, 6) is 5.26. The Hall–Kier alpha value is -15.3. The molecule has 3 radical (unpaired) electrons. The molecule has 0 N–H and O–H groups in total. The fourth-order valence-electron chi connectivity index (χ4n) is 16.8. The normalized spacial score (nSPS) is 12.8. The van der Waals surface area contributed by atoms with E-state index in [-0.39, 0.29) is 9.84 Å². The second-order valence-electron chi connectivity index (χ2n) is 31.6. The molecule has 23 rings (SSSR count). The van der Waals surface area contributed by atoms with Gasteiger partial charge in [0.05, 0.1) is 106 Å². The molecular formula is C106H80B2BrN14O2. The molecule has 0 atom stereocenters. The van der Waals surface area contributed by atoms with Gasteiger partial charge in [0.15, 0.2) is 0 Å². The zero-order chi connectivity index (χ0) is 83.4. The lowest BCUT2D eigenvalue weighted by atomic mass is 9.77. The van der Waals surface area contributed by atoms with Crippen LogP contribution in [0.25, 0.3) is 180 Å². The van der Waals surface area contributed by atoms with Gasteiger partial charge in [0.1, 0.15) is 34.9 Å². The van der Waals surface area contributed by atoms with Gasteiger partial charge in [-0.2, -0.15) is 0 Å². The lowest BCUT2D eigenvalue weighted by molar-refractivity contribution is 0.00578. The largest absolute Gasteiger partial charge is 0.496 e. The van der Waals surface area contributed by atoms with Gasteiger partial charge >= 0.3 is 7.12 Å². The highest BCUT2D eigenvalue weighted by Gasteiger charge is 2.52. The van der Waals surface area contributed by atoms with E-state index >= 15 is 0 Å². The quantitative estimate of drug-likeness (QED) is 0.0962. The van der Waals surface area contributed by atoms with Crippen LogP contribution in [0.1, 0.15) is 29.1 Å². The molecule has 599 valence electrons. The first-order valence-electron chi connectivity index (χ1n) is 41.3. The average molecular weight is 1680 g/mol. The summed E-state index contributed by atoms with van der Waals surface area (Å²) in [5.41, 5.74) is 26.3. The van der Waals surface area contributed by atoms with Gasteiger partial charge in [-0.05, 0) is 179 Å². The number of benzene rings is 14. The van der Waals surface area contributed by atoms with E-state index in [1.54, 1.807) is 12.4 Å². The third-order valence-electron chi connectivity index (χ3n) is 23.3. The zero-order valence-corrected chi connectivity index (χ0v) is 70.3. The van der Waals surface area contributed by atoms with Crippen molar-refractivity contribution in [3.05, 3.63) is 405 Å². The minimum Gasteiger partial charge on any atom is -0.399 e. The zero-order valence-electron chi connectivity index (χ0n) is 68.7. The van der Waals surface area contributed by atoms with Crippen LogP contribution in [-0.2, 0) is 9.31 Å². The molecule has 9 heterocycles. The fourth-order valence-corrected chi connectivity index (χ4v) is 17.3. The highest BCUT2D eigenvalue weighted by atomic mass is 79.9. The third-order valence-corrected chi connectivity index (χ3v) is 23.8. The first-order chi connectivity index (χ1) is 60.9. The maximum Gasteiger partial charge on any atom is 0.496 e. The summed E-state index contributed by atoms with van der Waals surface area (Å²) in [6.07, 6.45) is 7.22. The van der Waals surface area contributed by atoms with Crippen LogP contribution in [0, 0.1) is 0 Å². The van der Waals surface area contributed by atoms with Gasteiger partial charge in [-0.15, -0.1) is 0 Å². The van der Waals surface area contributed by atoms with Gasteiger partial charge in [-0.3, -0.25) is 37.4 Å². The Labute approximate surface area is 734 Å². The number of halogens is 1. The number of aromatic nitrogens is 14. The molecule has 0 unspecified atom stereocenters. The SMILES string of the molecule is Brc1cc(-n2c(-c3ccccc3)nc3ccccc32)cc(-n2c(-c3ccccc3)nc3ccccc32)c1.CC1(C)OB(c2ccccc2-n2c(-c3ccncc3)nc3ccccc32)OC1(C)C.[2HH].[B].c1ccc(-c2nc3ccccc3n2-c2cc(-c3ccccc3-n3c(-c4ccncc4)nc4ccccc43)cc(-n3c(-c4ccccc4)nc4ccccc43)c2)cc1. The lowest BCUT2D eigenvalue weighted by Crippen LogP contribution is -2.41. The minimum atomic E-state index is -0.461. The molecule has 0 bridgehead atoms. The Balaban J connectivity index is 0.000000130. The fraction of sp³-hybridized carbons (Fsp3) is 0.0566. The summed E-state index contributed by atoms with van der Waals surface area (Å²) < 4.78 is 27.3. The van der Waals surface area contributed by atoms with Crippen molar-refractivity contribution in [2.45, 2.75) is 38.9 Å². The standard InChI is InChI=1S/C50H33N7.C32H21BrN4.C24H24BN3O2.B.H2/c1-3-15-34(16-4-1)48-52-41-20-8-12-24-45(41)55(48)38-31-37(32-39(33-38)56-46-25-13-9-21-42(46)53-49(56)35-17-5-2-6-18-35)40-19-7-11-23-44(40)57-47-26-14-10-22-43(47)54-50(57)36-27-29-51-30-28-36;33-24-19-25(36-29-17-9-7-15-27(29)34-31(36)22-11-3-1-4-12-22)21-26(20-24)37-30-18-10-8-16-28(30)35-32(37)23-13-5-2-6-14-23;1-23(2)24(3,4)30-25(29-23)18-9-5-7-11-20(18)28-21-12-8-6-10-19(21)27-22(28)17-13-15-26-16-14-17;;/h1-33H;1-21H;5-16H,1-4H3;;1H/i;;;;1+1. The van der Waals surface area contributed by atoms with Crippen molar-refractivity contribution in [3.63, 3.8) is 0 Å². The van der Waals surface area contributed by atoms with Gasteiger partial charge < -0.3 is 9.31 Å². The summed E-state index contributed by atoms with van der Waals surface area (Å²) >= 11 is 3.81. The highest BCUT2D eigenvalue weighted by molar-refractivity contribution is 9.10. The molecule has 0 aliphatic carbocycles. The molecule has 16 nitrogen and oxygen atoms in total. The Morgan fingerprint density at radius 3 is 0.840 bits per heavy atom. The van der Waals surface area contributed by atoms with E-state index in [9.17, 15) is 0 Å². The second kappa shape index (κ2) is 32.9. The number of pyridine rings is 2. The number of fused-ring (bicyclic) bond motifs is 6. The Bertz CT molecular complexity index is 7440. The van der Waals surface area contributed by atoms with E-state index in [4.69, 9.17) is 39.2 Å². The van der Waals surface area contributed by atoms with Crippen molar-refractivity contribution in [1.82, 2.24) is 67.3 Å². The molecule has 0 spiro atoms. The van der Waals surface area contributed by atoms with Crippen molar-refractivity contribution >= 4 is 103 Å². The Morgan fingerprint density at radius 1 is 0.256 bits per heavy atom. The number of hydrogen-bond donors (Lipinski definition) is 0. The van der Waals surface area contributed by atoms with Crippen LogP contribution in [0.4, 0.5) is 0 Å². The maximum atomic E-state index is 6.38. The van der Waals surface area contributed by atoms with E-state index < -0.39 is 18.3 Å². The summed E-state index contributed by atoms with van der Waals surface area (Å²) in [4.78, 5) is 39.1. The predicted octanol–water partition coefficient (Wildman–Crippen LogP) is 24.5. The van der Waals surface area contributed by atoms with E-state index in [0.29, 0.717) is 0 Å². The number of imidazole rings is 6. The molecular weight excluding hydrogens is 1600 g/mol. The number of nitrogens with zero attached hydrogens (tertiary/aromatic N) is 14. The Kier molecular flexibility index (Phi) is 20.6. The molecule has 19 heteroatoms. The second-order valence-corrected chi connectivity index (χ2v) is 32.5. The van der Waals surface area contributed by atoms with E-state index in [1.165, 1.54) is 0 Å². The molecule has 14 aromatic carbocycles. The van der Waals surface area contributed by atoms with Crippen molar-refractivity contribution in [1.29, 1.82) is 0 Å². The molecule has 0 saturated carbocycles. The molecule has 125 heavy (non-hydrogen) atoms. The molecule has 22 aromatic rings. The topological polar surface area (TPSA) is 151 Å². The van der Waals surface area contributed by atoms with Gasteiger partial charge in [0, 0.05) is 89.2 Å². The molecule has 0 amide bonds. The van der Waals surface area contributed by atoms with Crippen molar-refractivity contribution in [2.75, 3.05) is 0 Å². The summed E-state index contributed by atoms with van der Waals surface area (Å²) in [7, 11) is -0.461. The number of para-hydroxylation sites is 14. The summed E-state index contributed by atoms with van der Waals surface area (Å²) in [6, 6.07) is 129. The van der Waals surface area contributed by atoms with Crippen LogP contribution in [0.2, 0.25) is 0 Å². The smallest absolute Gasteiger partial charge is 0.399 e. The molecule has 1 fully saturated rings. The summed E-state index contributed by atoms with van der Waals surface area (Å²) in [6.45, 7) is 8.30. The minimum absolute atomic E-state index is 0. The Morgan fingerprint density at radius 2 is 0.504 bits per heavy atom. The predicted molar refractivity (Wildman–Crippen MR) is 512 cm³/mol. The van der Waals surface area contributed by atoms with Crippen LogP contribution in [-0.4, -0.2) is 94.0 Å². The van der Waals surface area contributed by atoms with E-state index in [1.807, 2.05) is 122 Å². The van der Waals surface area contributed by atoms with Gasteiger partial charge in [-0.25, -0.2) is 29.9 Å². The maximum absolute atomic E-state index is 6.38. The van der Waals surface area contributed by atoms with Gasteiger partial charge in [0.25, 0.3) is 0 Å². The van der Waals surface area contributed by atoms with Gasteiger partial charge in [0.2, 0.25) is 0 Å². The van der Waals surface area contributed by atoms with Crippen LogP contribution in [0.3, 0.4) is 0 Å². The van der Waals surface area contributed by atoms with Gasteiger partial charge in [-0.1, -0.05) is 246 Å². The van der Waals surface area contributed by atoms with Crippen molar-refractivity contribution in [3.8, 4) is 114 Å². The first kappa shape index (κ1) is 78.3. The highest BCUT2D eigenvalue weighted by Crippen LogP contribution is 2.43. The first-order valence-corrected chi connectivity index (χ1v) is 42.1. The monoisotopic (exact) mass is 1680 g/mol. The average Bonchev–Trinajstić information content (AvgIpc) is 1.55. The van der Waals surface area contributed by atoms with Crippen molar-refractivity contribution < 1.29 is 10.7 Å². The molecule has 8 aromatic heterocycles.